The van der Waals surface area contributed by atoms with Crippen molar-refractivity contribution in [3.63, 3.8) is 0 Å². The van der Waals surface area contributed by atoms with Crippen molar-refractivity contribution in [3.05, 3.63) is 38.9 Å². The van der Waals surface area contributed by atoms with E-state index in [1.807, 2.05) is 7.05 Å². The molecule has 0 atom stereocenters. The number of nitrogens with one attached hydrogen (secondary N) is 1. The number of fused-ring (bicyclic) bond motifs is 2. The van der Waals surface area contributed by atoms with E-state index in [1.54, 1.807) is 22.5 Å². The number of anilines is 1. The Hall–Kier alpha value is -2.09. The lowest BCUT2D eigenvalue weighted by Crippen LogP contribution is -2.31. The molecule has 4 rings (SSSR count). The van der Waals surface area contributed by atoms with Gasteiger partial charge in [-0.15, -0.1) is 0 Å². The first kappa shape index (κ1) is 16.4. The molecular formula is C17H21N5O2S. The molecule has 2 aromatic rings. The van der Waals surface area contributed by atoms with Gasteiger partial charge in [0.25, 0.3) is 5.56 Å². The van der Waals surface area contributed by atoms with E-state index in [9.17, 15) is 9.59 Å². The highest BCUT2D eigenvalue weighted by Gasteiger charge is 2.23. The van der Waals surface area contributed by atoms with Crippen LogP contribution in [-0.2, 0) is 42.7 Å². The number of hydrogen-bond donors (Lipinski definition) is 1. The van der Waals surface area contributed by atoms with Gasteiger partial charge in [-0.1, -0.05) is 6.42 Å². The van der Waals surface area contributed by atoms with Gasteiger partial charge in [-0.2, -0.15) is 22.0 Å². The predicted molar refractivity (Wildman–Crippen MR) is 96.6 cm³/mol. The van der Waals surface area contributed by atoms with E-state index in [4.69, 9.17) is 0 Å². The Morgan fingerprint density at radius 2 is 2.04 bits per heavy atom. The monoisotopic (exact) mass is 359 g/mol. The molecule has 1 amide bonds. The SMILES string of the molecule is Cn1nc2c(c1NC(=O)Cn1nc3c(cc1=O)CCCCC3)CSC2. The fourth-order valence-corrected chi connectivity index (χ4v) is 4.53. The quantitative estimate of drug-likeness (QED) is 0.843. The highest BCUT2D eigenvalue weighted by molar-refractivity contribution is 7.98. The summed E-state index contributed by atoms with van der Waals surface area (Å²) >= 11 is 1.79. The zero-order valence-electron chi connectivity index (χ0n) is 14.2. The van der Waals surface area contributed by atoms with Crippen LogP contribution in [0.5, 0.6) is 0 Å². The van der Waals surface area contributed by atoms with Gasteiger partial charge in [-0.3, -0.25) is 14.3 Å². The van der Waals surface area contributed by atoms with Gasteiger partial charge in [0, 0.05) is 30.2 Å². The summed E-state index contributed by atoms with van der Waals surface area (Å²) in [6, 6.07) is 1.65. The summed E-state index contributed by atoms with van der Waals surface area (Å²) in [6.45, 7) is -0.0702. The minimum absolute atomic E-state index is 0.0702. The number of rotatable bonds is 3. The number of carbonyl (C=O) groups excluding carboxylic acids is 1. The second-order valence-corrected chi connectivity index (χ2v) is 7.60. The average Bonchev–Trinajstić information content (AvgIpc) is 3.04. The van der Waals surface area contributed by atoms with Gasteiger partial charge in [0.2, 0.25) is 5.91 Å². The van der Waals surface area contributed by atoms with Crippen molar-refractivity contribution in [1.29, 1.82) is 0 Å². The number of nitrogens with zero attached hydrogens (tertiary/aromatic N) is 4. The molecular weight excluding hydrogens is 338 g/mol. The number of amides is 1. The maximum atomic E-state index is 12.5. The number of aromatic nitrogens is 4. The molecule has 2 aromatic heterocycles. The van der Waals surface area contributed by atoms with Crippen LogP contribution in [-0.4, -0.2) is 25.5 Å². The highest BCUT2D eigenvalue weighted by atomic mass is 32.2. The molecule has 132 valence electrons. The van der Waals surface area contributed by atoms with Crippen LogP contribution in [0.25, 0.3) is 0 Å². The lowest BCUT2D eigenvalue weighted by Gasteiger charge is -2.11. The van der Waals surface area contributed by atoms with E-state index in [1.165, 1.54) is 4.68 Å². The summed E-state index contributed by atoms with van der Waals surface area (Å²) in [5.41, 5.74) is 3.91. The van der Waals surface area contributed by atoms with Crippen molar-refractivity contribution in [1.82, 2.24) is 19.6 Å². The smallest absolute Gasteiger partial charge is 0.267 e. The molecule has 1 aliphatic carbocycles. The van der Waals surface area contributed by atoms with Crippen LogP contribution in [0.1, 0.15) is 41.8 Å². The van der Waals surface area contributed by atoms with Crippen molar-refractivity contribution in [2.24, 2.45) is 7.05 Å². The molecule has 1 aliphatic heterocycles. The Morgan fingerprint density at radius 1 is 1.20 bits per heavy atom. The van der Waals surface area contributed by atoms with Crippen LogP contribution in [0.3, 0.4) is 0 Å². The van der Waals surface area contributed by atoms with Crippen molar-refractivity contribution in [3.8, 4) is 0 Å². The van der Waals surface area contributed by atoms with Gasteiger partial charge in [0.15, 0.2) is 0 Å². The van der Waals surface area contributed by atoms with Gasteiger partial charge in [-0.25, -0.2) is 4.68 Å². The summed E-state index contributed by atoms with van der Waals surface area (Å²) in [5, 5.41) is 11.8. The van der Waals surface area contributed by atoms with Gasteiger partial charge in [-0.05, 0) is 31.2 Å². The minimum atomic E-state index is -0.245. The molecule has 0 saturated carbocycles. The fraction of sp³-hybridized carbons (Fsp3) is 0.529. The minimum Gasteiger partial charge on any atom is -0.309 e. The first-order valence-corrected chi connectivity index (χ1v) is 9.79. The molecule has 0 radical (unpaired) electrons. The second kappa shape index (κ2) is 6.67. The third-order valence-electron chi connectivity index (χ3n) is 4.79. The van der Waals surface area contributed by atoms with E-state index in [2.05, 4.69) is 15.5 Å². The maximum Gasteiger partial charge on any atom is 0.267 e. The Kier molecular flexibility index (Phi) is 4.37. The van der Waals surface area contributed by atoms with Gasteiger partial charge >= 0.3 is 0 Å². The lowest BCUT2D eigenvalue weighted by molar-refractivity contribution is -0.117. The zero-order valence-corrected chi connectivity index (χ0v) is 15.1. The Labute approximate surface area is 149 Å². The van der Waals surface area contributed by atoms with Crippen molar-refractivity contribution in [2.75, 3.05) is 5.32 Å². The molecule has 0 aromatic carbocycles. The van der Waals surface area contributed by atoms with Crippen molar-refractivity contribution in [2.45, 2.75) is 50.2 Å². The van der Waals surface area contributed by atoms with Crippen LogP contribution in [0, 0.1) is 0 Å². The summed E-state index contributed by atoms with van der Waals surface area (Å²) in [6.07, 6.45) is 5.13. The number of aryl methyl sites for hydroxylation is 3. The molecule has 0 fully saturated rings. The number of carbonyl (C=O) groups is 1. The van der Waals surface area contributed by atoms with E-state index < -0.39 is 0 Å². The predicted octanol–water partition coefficient (Wildman–Crippen LogP) is 1.63. The lowest BCUT2D eigenvalue weighted by atomic mass is 10.1. The second-order valence-electron chi connectivity index (χ2n) is 6.61. The van der Waals surface area contributed by atoms with E-state index >= 15 is 0 Å². The molecule has 8 heteroatoms. The van der Waals surface area contributed by atoms with E-state index in [-0.39, 0.29) is 18.0 Å². The third-order valence-corrected chi connectivity index (χ3v) is 5.76. The Bertz CT molecular complexity index is 886. The van der Waals surface area contributed by atoms with E-state index in [0.717, 1.165) is 71.9 Å². The average molecular weight is 359 g/mol. The molecule has 2 aliphatic rings. The van der Waals surface area contributed by atoms with Gasteiger partial charge < -0.3 is 5.32 Å². The topological polar surface area (TPSA) is 81.8 Å². The Morgan fingerprint density at radius 3 is 2.92 bits per heavy atom. The van der Waals surface area contributed by atoms with Gasteiger partial charge in [0.1, 0.15) is 12.4 Å². The summed E-state index contributed by atoms with van der Waals surface area (Å²) in [4.78, 5) is 24.8. The zero-order chi connectivity index (χ0) is 17.4. The number of hydrogen-bond acceptors (Lipinski definition) is 5. The fourth-order valence-electron chi connectivity index (χ4n) is 3.50. The number of thioether (sulfide) groups is 1. The molecule has 0 unspecified atom stereocenters. The van der Waals surface area contributed by atoms with Crippen LogP contribution >= 0.6 is 11.8 Å². The molecule has 7 nitrogen and oxygen atoms in total. The van der Waals surface area contributed by atoms with Crippen LogP contribution in [0.15, 0.2) is 10.9 Å². The molecule has 3 heterocycles. The third kappa shape index (κ3) is 3.22. The standard InChI is InChI=1S/C17H21N5O2S/c1-21-17(12-9-25-10-14(12)19-21)18-15(23)8-22-16(24)7-11-5-3-2-4-6-13(11)20-22/h7H,2-6,8-10H2,1H3,(H,18,23). The molecule has 0 bridgehead atoms. The van der Waals surface area contributed by atoms with Crippen LogP contribution < -0.4 is 10.9 Å². The van der Waals surface area contributed by atoms with Gasteiger partial charge in [0.05, 0.1) is 11.4 Å². The Balaban J connectivity index is 1.53. The van der Waals surface area contributed by atoms with Crippen molar-refractivity contribution < 1.29 is 4.79 Å². The maximum absolute atomic E-state index is 12.5. The van der Waals surface area contributed by atoms with Crippen LogP contribution in [0.2, 0.25) is 0 Å². The van der Waals surface area contributed by atoms with E-state index in [0.29, 0.717) is 0 Å². The molecule has 0 saturated heterocycles. The first-order valence-electron chi connectivity index (χ1n) is 8.64. The normalized spacial score (nSPS) is 16.2. The molecule has 1 N–H and O–H groups in total. The molecule has 25 heavy (non-hydrogen) atoms. The summed E-state index contributed by atoms with van der Waals surface area (Å²) in [5.74, 6) is 2.22. The first-order chi connectivity index (χ1) is 12.1. The molecule has 0 spiro atoms. The highest BCUT2D eigenvalue weighted by Crippen LogP contribution is 2.34. The van der Waals surface area contributed by atoms with Crippen LogP contribution in [0.4, 0.5) is 5.82 Å². The largest absolute Gasteiger partial charge is 0.309 e. The summed E-state index contributed by atoms with van der Waals surface area (Å²) < 4.78 is 2.99. The van der Waals surface area contributed by atoms with Crippen molar-refractivity contribution >= 4 is 23.5 Å². The summed E-state index contributed by atoms with van der Waals surface area (Å²) in [7, 11) is 1.82.